The highest BCUT2D eigenvalue weighted by Gasteiger charge is 2.17. The Balaban J connectivity index is 1.66. The Morgan fingerprint density at radius 1 is 0.893 bits per heavy atom. The topological polar surface area (TPSA) is 69.4 Å². The van der Waals surface area contributed by atoms with Crippen LogP contribution in [0.15, 0.2) is 60.2 Å². The molecule has 5 aromatic rings. The van der Waals surface area contributed by atoms with Gasteiger partial charge in [0.25, 0.3) is 0 Å². The molecule has 0 saturated carbocycles. The number of hydrogen-bond donors (Lipinski definition) is 0. The van der Waals surface area contributed by atoms with Gasteiger partial charge in [-0.15, -0.1) is 26.3 Å². The summed E-state index contributed by atoms with van der Waals surface area (Å²) in [6.07, 6.45) is 1.50. The van der Waals surface area contributed by atoms with Crippen LogP contribution in [0, 0.1) is 0 Å². The quantitative estimate of drug-likeness (QED) is 0.392. The third kappa shape index (κ3) is 3.03. The summed E-state index contributed by atoms with van der Waals surface area (Å²) in [5, 5.41) is 17.1. The van der Waals surface area contributed by atoms with Crippen molar-refractivity contribution in [1.82, 2.24) is 30.2 Å². The average molecular weight is 425 g/mol. The second-order valence-electron chi connectivity index (χ2n) is 5.95. The summed E-state index contributed by atoms with van der Waals surface area (Å²) >= 11 is 13.6. The van der Waals surface area contributed by atoms with Gasteiger partial charge in [0.05, 0.1) is 5.39 Å². The molecule has 136 valence electrons. The van der Waals surface area contributed by atoms with Gasteiger partial charge >= 0.3 is 0 Å². The van der Waals surface area contributed by atoms with Crippen molar-refractivity contribution >= 4 is 44.8 Å². The van der Waals surface area contributed by atoms with Gasteiger partial charge in [-0.3, -0.25) is 0 Å². The third-order valence-corrected chi connectivity index (χ3v) is 5.56. The van der Waals surface area contributed by atoms with E-state index in [9.17, 15) is 0 Å². The van der Waals surface area contributed by atoms with Crippen LogP contribution >= 0.6 is 34.5 Å². The third-order valence-electron chi connectivity index (χ3n) is 4.19. The Labute approximate surface area is 173 Å². The number of fused-ring (bicyclic) bond motifs is 1. The molecule has 0 atom stereocenters. The van der Waals surface area contributed by atoms with Crippen LogP contribution in [0.4, 0.5) is 0 Å². The van der Waals surface area contributed by atoms with Gasteiger partial charge in [-0.05, 0) is 35.0 Å². The molecule has 0 spiro atoms. The lowest BCUT2D eigenvalue weighted by Gasteiger charge is -2.04. The summed E-state index contributed by atoms with van der Waals surface area (Å²) in [7, 11) is 0. The SMILES string of the molecule is Clc1ccc(-c2csc3ncnc(-n4nnc(-c5cccc(Cl)c5)n4)c23)cc1. The highest BCUT2D eigenvalue weighted by atomic mass is 35.5. The van der Waals surface area contributed by atoms with E-state index in [4.69, 9.17) is 23.2 Å². The molecule has 0 amide bonds. The number of thiophene rings is 1. The molecule has 2 aromatic carbocycles. The fourth-order valence-corrected chi connectivity index (χ4v) is 4.13. The molecule has 3 aromatic heterocycles. The first-order valence-electron chi connectivity index (χ1n) is 8.23. The van der Waals surface area contributed by atoms with Crippen LogP contribution in [0.5, 0.6) is 0 Å². The maximum atomic E-state index is 6.07. The molecule has 5 rings (SSSR count). The summed E-state index contributed by atoms with van der Waals surface area (Å²) < 4.78 is 0. The number of rotatable bonds is 3. The van der Waals surface area contributed by atoms with Crippen LogP contribution in [0.1, 0.15) is 0 Å². The van der Waals surface area contributed by atoms with Crippen LogP contribution in [0.2, 0.25) is 10.0 Å². The van der Waals surface area contributed by atoms with Gasteiger partial charge < -0.3 is 0 Å². The Kier molecular flexibility index (Phi) is 4.27. The first kappa shape index (κ1) is 17.2. The summed E-state index contributed by atoms with van der Waals surface area (Å²) in [5.41, 5.74) is 2.79. The van der Waals surface area contributed by atoms with Crippen molar-refractivity contribution in [1.29, 1.82) is 0 Å². The van der Waals surface area contributed by atoms with Gasteiger partial charge in [0.15, 0.2) is 5.82 Å². The molecule has 3 heterocycles. The zero-order valence-corrected chi connectivity index (χ0v) is 16.4. The van der Waals surface area contributed by atoms with E-state index in [0.29, 0.717) is 21.7 Å². The minimum absolute atomic E-state index is 0.470. The molecule has 0 fully saturated rings. The van der Waals surface area contributed by atoms with Gasteiger partial charge in [0.2, 0.25) is 5.82 Å². The predicted molar refractivity (Wildman–Crippen MR) is 111 cm³/mol. The molecule has 0 radical (unpaired) electrons. The standard InChI is InChI=1S/C19H10Cl2N6S/c20-13-6-4-11(5-7-13)15-9-28-19-16(15)18(22-10-23-19)27-25-17(24-26-27)12-2-1-3-14(21)8-12/h1-10H. The monoisotopic (exact) mass is 424 g/mol. The van der Waals surface area contributed by atoms with Crippen LogP contribution < -0.4 is 0 Å². The van der Waals surface area contributed by atoms with E-state index in [1.54, 1.807) is 12.1 Å². The number of benzene rings is 2. The summed E-state index contributed by atoms with van der Waals surface area (Å²) in [4.78, 5) is 11.1. The maximum absolute atomic E-state index is 6.07. The van der Waals surface area contributed by atoms with Crippen LogP contribution in [0.3, 0.4) is 0 Å². The van der Waals surface area contributed by atoms with E-state index < -0.39 is 0 Å². The van der Waals surface area contributed by atoms with Crippen LogP contribution in [-0.2, 0) is 0 Å². The molecule has 0 aliphatic rings. The Hall–Kier alpha value is -2.87. The molecular formula is C19H10Cl2N6S. The lowest BCUT2D eigenvalue weighted by Crippen LogP contribution is -2.03. The Morgan fingerprint density at radius 3 is 2.57 bits per heavy atom. The molecule has 9 heteroatoms. The molecule has 0 aliphatic heterocycles. The van der Waals surface area contributed by atoms with E-state index >= 15 is 0 Å². The molecular weight excluding hydrogens is 415 g/mol. The van der Waals surface area contributed by atoms with E-state index in [1.165, 1.54) is 22.5 Å². The van der Waals surface area contributed by atoms with Gasteiger partial charge in [0, 0.05) is 26.6 Å². The Morgan fingerprint density at radius 2 is 1.75 bits per heavy atom. The summed E-state index contributed by atoms with van der Waals surface area (Å²) in [6, 6.07) is 15.0. The highest BCUT2D eigenvalue weighted by molar-refractivity contribution is 7.17. The largest absolute Gasteiger partial charge is 0.225 e. The van der Waals surface area contributed by atoms with Gasteiger partial charge in [0.1, 0.15) is 11.2 Å². The van der Waals surface area contributed by atoms with E-state index in [1.807, 2.05) is 41.8 Å². The lowest BCUT2D eigenvalue weighted by molar-refractivity contribution is 0.705. The highest BCUT2D eigenvalue weighted by Crippen LogP contribution is 2.35. The van der Waals surface area contributed by atoms with Crippen molar-refractivity contribution in [2.75, 3.05) is 0 Å². The fraction of sp³-hybridized carbons (Fsp3) is 0. The lowest BCUT2D eigenvalue weighted by atomic mass is 10.1. The summed E-state index contributed by atoms with van der Waals surface area (Å²) in [6.45, 7) is 0. The van der Waals surface area contributed by atoms with E-state index in [0.717, 1.165) is 26.9 Å². The molecule has 0 bridgehead atoms. The fourth-order valence-electron chi connectivity index (χ4n) is 2.90. The zero-order chi connectivity index (χ0) is 19.1. The number of aromatic nitrogens is 6. The zero-order valence-electron chi connectivity index (χ0n) is 14.1. The van der Waals surface area contributed by atoms with Crippen molar-refractivity contribution < 1.29 is 0 Å². The van der Waals surface area contributed by atoms with Gasteiger partial charge in [-0.1, -0.05) is 47.5 Å². The van der Waals surface area contributed by atoms with Crippen LogP contribution in [0.25, 0.3) is 38.5 Å². The van der Waals surface area contributed by atoms with Crippen molar-refractivity contribution in [2.24, 2.45) is 0 Å². The molecule has 0 aliphatic carbocycles. The van der Waals surface area contributed by atoms with Crippen molar-refractivity contribution in [3.05, 3.63) is 70.3 Å². The second kappa shape index (κ2) is 6.94. The van der Waals surface area contributed by atoms with Crippen molar-refractivity contribution in [3.63, 3.8) is 0 Å². The predicted octanol–water partition coefficient (Wildman–Crippen LogP) is 5.31. The molecule has 0 N–H and O–H groups in total. The second-order valence-corrected chi connectivity index (χ2v) is 7.68. The average Bonchev–Trinajstić information content (AvgIpc) is 3.36. The van der Waals surface area contributed by atoms with E-state index in [-0.39, 0.29) is 0 Å². The minimum Gasteiger partial charge on any atom is -0.225 e. The molecule has 0 saturated heterocycles. The van der Waals surface area contributed by atoms with Gasteiger partial charge in [-0.2, -0.15) is 0 Å². The van der Waals surface area contributed by atoms with E-state index in [2.05, 4.69) is 25.4 Å². The van der Waals surface area contributed by atoms with Gasteiger partial charge in [-0.25, -0.2) is 9.97 Å². The normalized spacial score (nSPS) is 11.2. The number of nitrogens with zero attached hydrogens (tertiary/aromatic N) is 6. The number of halogens is 2. The van der Waals surface area contributed by atoms with Crippen LogP contribution in [-0.4, -0.2) is 30.2 Å². The number of tetrazole rings is 1. The summed E-state index contributed by atoms with van der Waals surface area (Å²) in [5.74, 6) is 1.04. The molecule has 28 heavy (non-hydrogen) atoms. The molecule has 6 nitrogen and oxygen atoms in total. The van der Waals surface area contributed by atoms with Crippen molar-refractivity contribution in [2.45, 2.75) is 0 Å². The maximum Gasteiger partial charge on any atom is 0.205 e. The van der Waals surface area contributed by atoms with Crippen molar-refractivity contribution in [3.8, 4) is 28.3 Å². The molecule has 0 unspecified atom stereocenters. The first-order valence-corrected chi connectivity index (χ1v) is 9.87. The first-order chi connectivity index (χ1) is 13.7. The number of hydrogen-bond acceptors (Lipinski definition) is 6. The smallest absolute Gasteiger partial charge is 0.205 e. The Bertz CT molecular complexity index is 1300. The minimum atomic E-state index is 0.470.